The summed E-state index contributed by atoms with van der Waals surface area (Å²) in [7, 11) is 0. The molecule has 3 rings (SSSR count). The molecule has 11 heteroatoms. The second kappa shape index (κ2) is 9.36. The SMILES string of the molecule is O=C1CCC(C#Cc2cc(C(=O)Nc3cc(F)c(=O)n(CC(F)F)c3)sc2Cl)CN1. The predicted molar refractivity (Wildman–Crippen MR) is 107 cm³/mol. The molecule has 0 spiro atoms. The van der Waals surface area contributed by atoms with Crippen LogP contribution in [0.25, 0.3) is 0 Å². The smallest absolute Gasteiger partial charge is 0.286 e. The lowest BCUT2D eigenvalue weighted by Crippen LogP contribution is -2.34. The second-order valence-electron chi connectivity index (χ2n) is 6.49. The van der Waals surface area contributed by atoms with Crippen LogP contribution in [0.1, 0.15) is 28.1 Å². The third kappa shape index (κ3) is 5.43. The van der Waals surface area contributed by atoms with Crippen molar-refractivity contribution in [3.05, 3.63) is 49.3 Å². The first-order valence-electron chi connectivity index (χ1n) is 8.80. The Kier molecular flexibility index (Phi) is 6.84. The number of hydrogen-bond acceptors (Lipinski definition) is 4. The molecule has 1 saturated heterocycles. The van der Waals surface area contributed by atoms with Crippen molar-refractivity contribution >= 4 is 40.4 Å². The third-order valence-electron chi connectivity index (χ3n) is 4.22. The second-order valence-corrected chi connectivity index (χ2v) is 8.14. The summed E-state index contributed by atoms with van der Waals surface area (Å²) in [4.78, 5) is 35.4. The fourth-order valence-corrected chi connectivity index (χ4v) is 3.83. The molecule has 1 atom stereocenters. The van der Waals surface area contributed by atoms with E-state index in [4.69, 9.17) is 11.6 Å². The zero-order valence-electron chi connectivity index (χ0n) is 15.3. The summed E-state index contributed by atoms with van der Waals surface area (Å²) < 4.78 is 39.6. The maximum Gasteiger partial charge on any atom is 0.286 e. The summed E-state index contributed by atoms with van der Waals surface area (Å²) in [6, 6.07) is 2.22. The van der Waals surface area contributed by atoms with E-state index in [-0.39, 0.29) is 26.7 Å². The maximum absolute atomic E-state index is 13.7. The van der Waals surface area contributed by atoms with Gasteiger partial charge >= 0.3 is 0 Å². The summed E-state index contributed by atoms with van der Waals surface area (Å²) in [5.74, 6) is 3.95. The van der Waals surface area contributed by atoms with Gasteiger partial charge in [0, 0.05) is 31.1 Å². The fraction of sp³-hybridized carbons (Fsp3) is 0.316. The summed E-state index contributed by atoms with van der Waals surface area (Å²) in [6.07, 6.45) is -0.881. The molecule has 2 amide bonds. The summed E-state index contributed by atoms with van der Waals surface area (Å²) in [5, 5.41) is 5.08. The number of carbonyl (C=O) groups is 2. The predicted octanol–water partition coefficient (Wildman–Crippen LogP) is 3.10. The minimum Gasteiger partial charge on any atom is -0.355 e. The van der Waals surface area contributed by atoms with Crippen LogP contribution in [0, 0.1) is 23.6 Å². The van der Waals surface area contributed by atoms with Crippen molar-refractivity contribution in [2.75, 3.05) is 11.9 Å². The zero-order chi connectivity index (χ0) is 21.8. The Morgan fingerprint density at radius 1 is 1.40 bits per heavy atom. The van der Waals surface area contributed by atoms with Crippen LogP contribution in [0.15, 0.2) is 23.1 Å². The van der Waals surface area contributed by atoms with E-state index in [1.54, 1.807) is 0 Å². The molecule has 2 N–H and O–H groups in total. The summed E-state index contributed by atoms with van der Waals surface area (Å²) in [6.45, 7) is -0.549. The first-order valence-corrected chi connectivity index (χ1v) is 9.99. The molecule has 0 saturated carbocycles. The normalized spacial score (nSPS) is 16.0. The van der Waals surface area contributed by atoms with Gasteiger partial charge in [-0.15, -0.1) is 11.3 Å². The van der Waals surface area contributed by atoms with Crippen LogP contribution in [0.2, 0.25) is 4.34 Å². The molecule has 1 unspecified atom stereocenters. The summed E-state index contributed by atoms with van der Waals surface area (Å²) in [5.41, 5.74) is -0.922. The van der Waals surface area contributed by atoms with E-state index in [1.807, 2.05) is 0 Å². The highest BCUT2D eigenvalue weighted by Gasteiger charge is 2.18. The lowest BCUT2D eigenvalue weighted by atomic mass is 10.00. The Labute approximate surface area is 178 Å². The molecule has 3 heterocycles. The van der Waals surface area contributed by atoms with Gasteiger partial charge in [-0.2, -0.15) is 0 Å². The van der Waals surface area contributed by atoms with Crippen LogP contribution in [0.3, 0.4) is 0 Å². The van der Waals surface area contributed by atoms with Crippen molar-refractivity contribution < 1.29 is 22.8 Å². The number of nitrogens with one attached hydrogen (secondary N) is 2. The van der Waals surface area contributed by atoms with Gasteiger partial charge < -0.3 is 15.2 Å². The number of piperidine rings is 1. The molecule has 6 nitrogen and oxygen atoms in total. The number of carbonyl (C=O) groups excluding carboxylic acids is 2. The van der Waals surface area contributed by atoms with Gasteiger partial charge in [0.2, 0.25) is 5.91 Å². The number of nitrogens with zero attached hydrogens (tertiary/aromatic N) is 1. The lowest BCUT2D eigenvalue weighted by molar-refractivity contribution is -0.122. The van der Waals surface area contributed by atoms with Crippen LogP contribution < -0.4 is 16.2 Å². The molecule has 0 radical (unpaired) electrons. The van der Waals surface area contributed by atoms with E-state index in [9.17, 15) is 27.6 Å². The number of hydrogen-bond donors (Lipinski definition) is 2. The number of halogens is 4. The van der Waals surface area contributed by atoms with Gasteiger partial charge in [-0.25, -0.2) is 13.2 Å². The maximum atomic E-state index is 13.7. The average Bonchev–Trinajstić information content (AvgIpc) is 3.06. The zero-order valence-corrected chi connectivity index (χ0v) is 16.9. The number of anilines is 1. The molecule has 30 heavy (non-hydrogen) atoms. The monoisotopic (exact) mass is 457 g/mol. The highest BCUT2D eigenvalue weighted by Crippen LogP contribution is 2.28. The van der Waals surface area contributed by atoms with Gasteiger partial charge in [0.15, 0.2) is 5.82 Å². The number of amides is 2. The Morgan fingerprint density at radius 2 is 2.17 bits per heavy atom. The third-order valence-corrected chi connectivity index (χ3v) is 5.58. The molecule has 2 aromatic rings. The largest absolute Gasteiger partial charge is 0.355 e. The Hall–Kier alpha value is -2.77. The quantitative estimate of drug-likeness (QED) is 0.692. The minimum absolute atomic E-state index is 0.0168. The molecule has 1 aliphatic rings. The molecular formula is C19H15ClF3N3O3S. The number of thiophene rings is 1. The minimum atomic E-state index is -2.86. The Morgan fingerprint density at radius 3 is 2.83 bits per heavy atom. The fourth-order valence-electron chi connectivity index (χ4n) is 2.75. The number of pyridine rings is 1. The Bertz CT molecular complexity index is 1090. The van der Waals surface area contributed by atoms with Gasteiger partial charge in [0.25, 0.3) is 17.9 Å². The molecule has 1 aliphatic heterocycles. The van der Waals surface area contributed by atoms with Gasteiger partial charge in [0.05, 0.1) is 22.7 Å². The van der Waals surface area contributed by atoms with E-state index in [1.165, 1.54) is 6.07 Å². The molecule has 158 valence electrons. The van der Waals surface area contributed by atoms with Crippen LogP contribution in [-0.4, -0.2) is 29.4 Å². The first kappa shape index (κ1) is 21.9. The standard InChI is InChI=1S/C19H15ClF3N3O3S/c20-17-11(3-1-10-2-4-16(27)24-7-10)5-14(30-17)18(28)25-12-6-13(21)19(29)26(8-12)9-15(22)23/h5-6,8,10,15H,2,4,7,9H2,(H,24,27)(H,25,28). The van der Waals surface area contributed by atoms with Gasteiger partial charge in [-0.05, 0) is 12.5 Å². The van der Waals surface area contributed by atoms with Crippen LogP contribution in [-0.2, 0) is 11.3 Å². The van der Waals surface area contributed by atoms with Gasteiger partial charge in [-0.3, -0.25) is 14.4 Å². The van der Waals surface area contributed by atoms with Crippen LogP contribution in [0.4, 0.5) is 18.9 Å². The van der Waals surface area contributed by atoms with Crippen molar-refractivity contribution in [3.63, 3.8) is 0 Å². The first-order chi connectivity index (χ1) is 14.2. The highest BCUT2D eigenvalue weighted by molar-refractivity contribution is 7.18. The van der Waals surface area contributed by atoms with Crippen molar-refractivity contribution in [1.82, 2.24) is 9.88 Å². The number of rotatable bonds is 4. The van der Waals surface area contributed by atoms with Crippen molar-refractivity contribution in [2.24, 2.45) is 5.92 Å². The van der Waals surface area contributed by atoms with E-state index in [0.29, 0.717) is 29.5 Å². The van der Waals surface area contributed by atoms with Crippen LogP contribution in [0.5, 0.6) is 0 Å². The van der Waals surface area contributed by atoms with E-state index < -0.39 is 30.3 Å². The van der Waals surface area contributed by atoms with Gasteiger partial charge in [0.1, 0.15) is 4.34 Å². The molecule has 0 bridgehead atoms. The number of alkyl halides is 2. The van der Waals surface area contributed by atoms with Crippen molar-refractivity contribution in [2.45, 2.75) is 25.8 Å². The summed E-state index contributed by atoms with van der Waals surface area (Å²) >= 11 is 7.09. The lowest BCUT2D eigenvalue weighted by Gasteiger charge is -2.16. The average molecular weight is 458 g/mol. The van der Waals surface area contributed by atoms with Crippen molar-refractivity contribution in [3.8, 4) is 11.8 Å². The van der Waals surface area contributed by atoms with Crippen molar-refractivity contribution in [1.29, 1.82) is 0 Å². The molecular weight excluding hydrogens is 443 g/mol. The van der Waals surface area contributed by atoms with E-state index >= 15 is 0 Å². The van der Waals surface area contributed by atoms with Crippen LogP contribution >= 0.6 is 22.9 Å². The molecule has 0 aromatic carbocycles. The van der Waals surface area contributed by atoms with E-state index in [2.05, 4.69) is 22.5 Å². The molecule has 2 aromatic heterocycles. The number of aromatic nitrogens is 1. The Balaban J connectivity index is 1.74. The molecule has 1 fully saturated rings. The highest BCUT2D eigenvalue weighted by atomic mass is 35.5. The van der Waals surface area contributed by atoms with E-state index in [0.717, 1.165) is 23.6 Å². The molecule has 0 aliphatic carbocycles. The van der Waals surface area contributed by atoms with Gasteiger partial charge in [-0.1, -0.05) is 23.4 Å². The topological polar surface area (TPSA) is 80.2 Å².